The third-order valence-electron chi connectivity index (χ3n) is 2.27. The summed E-state index contributed by atoms with van der Waals surface area (Å²) < 4.78 is 0. The highest BCUT2D eigenvalue weighted by Crippen LogP contribution is 2.18. The van der Waals surface area contributed by atoms with Crippen molar-refractivity contribution in [1.82, 2.24) is 4.98 Å². The van der Waals surface area contributed by atoms with Gasteiger partial charge in [-0.3, -0.25) is 14.9 Å². The fourth-order valence-corrected chi connectivity index (χ4v) is 2.94. The number of thiazole rings is 1. The van der Waals surface area contributed by atoms with Gasteiger partial charge in [-0.25, -0.2) is 4.98 Å². The zero-order valence-electron chi connectivity index (χ0n) is 10.6. The molecule has 104 valence electrons. The Kier molecular flexibility index (Phi) is 4.65. The SMILES string of the molecule is Cc1ccc(/C=C/C(=O)Nc2nc(CC(=O)O)cs2)s1. The van der Waals surface area contributed by atoms with Crippen LogP contribution in [0.1, 0.15) is 15.4 Å². The number of carboxylic acids is 1. The second-order valence-electron chi connectivity index (χ2n) is 3.99. The van der Waals surface area contributed by atoms with Crippen LogP contribution in [-0.4, -0.2) is 22.0 Å². The number of carboxylic acid groups (broad SMARTS) is 1. The Balaban J connectivity index is 1.92. The van der Waals surface area contributed by atoms with Gasteiger partial charge in [0.05, 0.1) is 12.1 Å². The van der Waals surface area contributed by atoms with E-state index in [1.54, 1.807) is 22.8 Å². The van der Waals surface area contributed by atoms with E-state index < -0.39 is 5.97 Å². The fourth-order valence-electron chi connectivity index (χ4n) is 1.45. The molecule has 1 amide bonds. The van der Waals surface area contributed by atoms with Crippen LogP contribution in [0.3, 0.4) is 0 Å². The molecule has 2 heterocycles. The molecule has 20 heavy (non-hydrogen) atoms. The number of amides is 1. The highest BCUT2D eigenvalue weighted by Gasteiger charge is 2.07. The Morgan fingerprint density at radius 2 is 2.25 bits per heavy atom. The molecule has 0 unspecified atom stereocenters. The number of aromatic nitrogens is 1. The van der Waals surface area contributed by atoms with E-state index in [1.165, 1.54) is 22.3 Å². The third kappa shape index (κ3) is 4.29. The van der Waals surface area contributed by atoms with E-state index in [4.69, 9.17) is 5.11 Å². The molecule has 0 bridgehead atoms. The van der Waals surface area contributed by atoms with Crippen LogP contribution in [-0.2, 0) is 16.0 Å². The Morgan fingerprint density at radius 1 is 1.45 bits per heavy atom. The molecule has 0 spiro atoms. The average Bonchev–Trinajstić information content (AvgIpc) is 2.95. The number of carbonyl (C=O) groups excluding carboxylic acids is 1. The molecule has 0 aliphatic rings. The highest BCUT2D eigenvalue weighted by atomic mass is 32.1. The maximum Gasteiger partial charge on any atom is 0.309 e. The Morgan fingerprint density at radius 3 is 2.90 bits per heavy atom. The van der Waals surface area contributed by atoms with Crippen molar-refractivity contribution < 1.29 is 14.7 Å². The molecular weight excluding hydrogens is 296 g/mol. The number of rotatable bonds is 5. The first-order valence-corrected chi connectivity index (χ1v) is 7.44. The van der Waals surface area contributed by atoms with Crippen molar-refractivity contribution in [3.63, 3.8) is 0 Å². The van der Waals surface area contributed by atoms with Crippen LogP contribution in [0.15, 0.2) is 23.6 Å². The largest absolute Gasteiger partial charge is 0.481 e. The molecule has 7 heteroatoms. The molecule has 2 N–H and O–H groups in total. The molecule has 0 saturated carbocycles. The second kappa shape index (κ2) is 6.44. The van der Waals surface area contributed by atoms with Crippen LogP contribution in [0.4, 0.5) is 5.13 Å². The number of hydrogen-bond donors (Lipinski definition) is 2. The smallest absolute Gasteiger partial charge is 0.309 e. The van der Waals surface area contributed by atoms with Gasteiger partial charge in [-0.05, 0) is 25.1 Å². The quantitative estimate of drug-likeness (QED) is 0.832. The first kappa shape index (κ1) is 14.4. The summed E-state index contributed by atoms with van der Waals surface area (Å²) in [7, 11) is 0. The van der Waals surface area contributed by atoms with Gasteiger partial charge in [0.2, 0.25) is 5.91 Å². The summed E-state index contributed by atoms with van der Waals surface area (Å²) in [4.78, 5) is 28.4. The summed E-state index contributed by atoms with van der Waals surface area (Å²) in [5.74, 6) is -1.23. The molecule has 0 aromatic carbocycles. The molecule has 0 fully saturated rings. The highest BCUT2D eigenvalue weighted by molar-refractivity contribution is 7.14. The molecule has 0 aliphatic carbocycles. The molecule has 2 aromatic heterocycles. The Hall–Kier alpha value is -1.99. The number of nitrogens with one attached hydrogen (secondary N) is 1. The van der Waals surface area contributed by atoms with Gasteiger partial charge in [0.1, 0.15) is 0 Å². The third-order valence-corrected chi connectivity index (χ3v) is 4.05. The van der Waals surface area contributed by atoms with Crippen molar-refractivity contribution >= 4 is 45.8 Å². The van der Waals surface area contributed by atoms with Crippen molar-refractivity contribution in [2.45, 2.75) is 13.3 Å². The number of thiophene rings is 1. The van der Waals surface area contributed by atoms with E-state index in [9.17, 15) is 9.59 Å². The summed E-state index contributed by atoms with van der Waals surface area (Å²) in [6.45, 7) is 2.00. The lowest BCUT2D eigenvalue weighted by Gasteiger charge is -1.95. The van der Waals surface area contributed by atoms with Crippen molar-refractivity contribution in [1.29, 1.82) is 0 Å². The first-order valence-electron chi connectivity index (χ1n) is 5.74. The van der Waals surface area contributed by atoms with Gasteiger partial charge in [0.25, 0.3) is 0 Å². The second-order valence-corrected chi connectivity index (χ2v) is 6.16. The van der Waals surface area contributed by atoms with Gasteiger partial charge in [0, 0.05) is 21.2 Å². The normalized spacial score (nSPS) is 10.8. The number of aryl methyl sites for hydroxylation is 1. The van der Waals surface area contributed by atoms with Gasteiger partial charge in [-0.1, -0.05) is 0 Å². The van der Waals surface area contributed by atoms with Gasteiger partial charge in [-0.2, -0.15) is 0 Å². The van der Waals surface area contributed by atoms with E-state index in [0.29, 0.717) is 10.8 Å². The lowest BCUT2D eigenvalue weighted by molar-refractivity contribution is -0.136. The molecule has 0 saturated heterocycles. The minimum absolute atomic E-state index is 0.142. The standard InChI is InChI=1S/C13H12N2O3S2/c1-8-2-3-10(20-8)4-5-11(16)15-13-14-9(7-19-13)6-12(17)18/h2-5,7H,6H2,1H3,(H,17,18)(H,14,15,16)/b5-4+. The van der Waals surface area contributed by atoms with Gasteiger partial charge >= 0.3 is 5.97 Å². The van der Waals surface area contributed by atoms with Gasteiger partial charge < -0.3 is 5.11 Å². The molecule has 0 radical (unpaired) electrons. The van der Waals surface area contributed by atoms with Crippen molar-refractivity contribution in [3.05, 3.63) is 39.0 Å². The minimum atomic E-state index is -0.943. The number of hydrogen-bond acceptors (Lipinski definition) is 5. The molecule has 0 atom stereocenters. The lowest BCUT2D eigenvalue weighted by Crippen LogP contribution is -2.08. The van der Waals surface area contributed by atoms with Crippen LogP contribution >= 0.6 is 22.7 Å². The number of aliphatic carboxylic acids is 1. The van der Waals surface area contributed by atoms with E-state index in [1.807, 2.05) is 19.1 Å². The van der Waals surface area contributed by atoms with E-state index >= 15 is 0 Å². The van der Waals surface area contributed by atoms with Crippen molar-refractivity contribution in [2.75, 3.05) is 5.32 Å². The molecule has 2 rings (SSSR count). The topological polar surface area (TPSA) is 79.3 Å². The molecule has 5 nitrogen and oxygen atoms in total. The average molecular weight is 308 g/mol. The number of carbonyl (C=O) groups is 2. The minimum Gasteiger partial charge on any atom is -0.481 e. The van der Waals surface area contributed by atoms with Crippen LogP contribution < -0.4 is 5.32 Å². The van der Waals surface area contributed by atoms with Crippen LogP contribution in [0.25, 0.3) is 6.08 Å². The van der Waals surface area contributed by atoms with Gasteiger partial charge in [0.15, 0.2) is 5.13 Å². The summed E-state index contributed by atoms with van der Waals surface area (Å²) in [6.07, 6.45) is 3.03. The summed E-state index contributed by atoms with van der Waals surface area (Å²) in [5, 5.41) is 13.3. The van der Waals surface area contributed by atoms with Gasteiger partial charge in [-0.15, -0.1) is 22.7 Å². The van der Waals surface area contributed by atoms with Crippen LogP contribution in [0.5, 0.6) is 0 Å². The molecular formula is C13H12N2O3S2. The van der Waals surface area contributed by atoms with E-state index in [-0.39, 0.29) is 12.3 Å². The van der Waals surface area contributed by atoms with Crippen LogP contribution in [0.2, 0.25) is 0 Å². The monoisotopic (exact) mass is 308 g/mol. The lowest BCUT2D eigenvalue weighted by atomic mass is 10.3. The first-order chi connectivity index (χ1) is 9.52. The zero-order valence-corrected chi connectivity index (χ0v) is 12.3. The van der Waals surface area contributed by atoms with E-state index in [0.717, 1.165) is 4.88 Å². The number of nitrogens with zero attached hydrogens (tertiary/aromatic N) is 1. The summed E-state index contributed by atoms with van der Waals surface area (Å²) in [5.41, 5.74) is 0.440. The summed E-state index contributed by atoms with van der Waals surface area (Å²) >= 11 is 2.81. The van der Waals surface area contributed by atoms with Crippen LogP contribution in [0, 0.1) is 6.92 Å². The van der Waals surface area contributed by atoms with Crippen molar-refractivity contribution in [3.8, 4) is 0 Å². The van der Waals surface area contributed by atoms with Crippen molar-refractivity contribution in [2.24, 2.45) is 0 Å². The Bertz CT molecular complexity index is 658. The molecule has 0 aliphatic heterocycles. The maximum atomic E-state index is 11.7. The summed E-state index contributed by atoms with van der Waals surface area (Å²) in [6, 6.07) is 3.93. The predicted octanol–water partition coefficient (Wildman–Crippen LogP) is 2.79. The zero-order chi connectivity index (χ0) is 14.5. The maximum absolute atomic E-state index is 11.7. The predicted molar refractivity (Wildman–Crippen MR) is 80.2 cm³/mol. The Labute approximate surface area is 123 Å². The fraction of sp³-hybridized carbons (Fsp3) is 0.154. The molecule has 2 aromatic rings. The van der Waals surface area contributed by atoms with E-state index in [2.05, 4.69) is 10.3 Å². The number of anilines is 1.